The van der Waals surface area contributed by atoms with E-state index in [-0.39, 0.29) is 6.61 Å². The van der Waals surface area contributed by atoms with E-state index in [1.807, 2.05) is 6.92 Å². The van der Waals surface area contributed by atoms with E-state index in [1.165, 1.54) is 11.0 Å². The van der Waals surface area contributed by atoms with Crippen molar-refractivity contribution in [2.24, 2.45) is 5.92 Å². The number of ether oxygens (including phenoxy) is 1. The van der Waals surface area contributed by atoms with Crippen LogP contribution in [0.4, 0.5) is 4.79 Å². The van der Waals surface area contributed by atoms with Gasteiger partial charge in [0.05, 0.1) is 0 Å². The Morgan fingerprint density at radius 1 is 1.59 bits per heavy atom. The van der Waals surface area contributed by atoms with E-state index in [9.17, 15) is 9.59 Å². The zero-order chi connectivity index (χ0) is 12.8. The van der Waals surface area contributed by atoms with Crippen molar-refractivity contribution < 1.29 is 19.4 Å². The molecule has 0 bridgehead atoms. The van der Waals surface area contributed by atoms with Gasteiger partial charge in [0, 0.05) is 6.54 Å². The van der Waals surface area contributed by atoms with Crippen molar-refractivity contribution in [3.8, 4) is 0 Å². The molecule has 1 heterocycles. The summed E-state index contributed by atoms with van der Waals surface area (Å²) in [7, 11) is 0. The highest BCUT2D eigenvalue weighted by Gasteiger charge is 2.36. The maximum atomic E-state index is 11.7. The molecule has 0 aromatic rings. The number of hydrogen-bond acceptors (Lipinski definition) is 3. The van der Waals surface area contributed by atoms with Gasteiger partial charge in [0.1, 0.15) is 12.6 Å². The number of likely N-dealkylation sites (tertiary alicyclic amines) is 1. The zero-order valence-electron chi connectivity index (χ0n) is 10.1. The first-order chi connectivity index (χ1) is 8.10. The molecule has 0 aromatic carbocycles. The minimum absolute atomic E-state index is 0.110. The minimum atomic E-state index is -0.960. The molecule has 17 heavy (non-hydrogen) atoms. The molecule has 2 atom stereocenters. The Labute approximate surface area is 101 Å². The SMILES string of the molecule is C=CCOC(=O)N1CC[C@@H](CC)C[C@H]1C(=O)O. The number of hydrogen-bond donors (Lipinski definition) is 1. The molecule has 1 fully saturated rings. The van der Waals surface area contributed by atoms with Gasteiger partial charge in [-0.3, -0.25) is 4.90 Å². The second-order valence-corrected chi connectivity index (χ2v) is 4.21. The molecule has 0 aromatic heterocycles. The first-order valence-corrected chi connectivity index (χ1v) is 5.87. The van der Waals surface area contributed by atoms with Crippen LogP contribution in [-0.4, -0.2) is 41.3 Å². The van der Waals surface area contributed by atoms with Gasteiger partial charge in [-0.05, 0) is 18.8 Å². The van der Waals surface area contributed by atoms with E-state index in [4.69, 9.17) is 9.84 Å². The summed E-state index contributed by atoms with van der Waals surface area (Å²) in [4.78, 5) is 24.1. The molecule has 0 radical (unpaired) electrons. The van der Waals surface area contributed by atoms with Gasteiger partial charge in [0.2, 0.25) is 0 Å². The fraction of sp³-hybridized carbons (Fsp3) is 0.667. The summed E-state index contributed by atoms with van der Waals surface area (Å²) in [6, 6.07) is -0.758. The quantitative estimate of drug-likeness (QED) is 0.763. The summed E-state index contributed by atoms with van der Waals surface area (Å²) in [5.74, 6) is -0.585. The molecule has 1 N–H and O–H groups in total. The Balaban J connectivity index is 2.66. The van der Waals surface area contributed by atoms with E-state index in [2.05, 4.69) is 6.58 Å². The van der Waals surface area contributed by atoms with Gasteiger partial charge in [-0.15, -0.1) is 0 Å². The summed E-state index contributed by atoms with van der Waals surface area (Å²) >= 11 is 0. The van der Waals surface area contributed by atoms with Gasteiger partial charge >= 0.3 is 12.1 Å². The van der Waals surface area contributed by atoms with Crippen molar-refractivity contribution in [1.82, 2.24) is 4.90 Å². The molecule has 0 saturated carbocycles. The second kappa shape index (κ2) is 6.27. The van der Waals surface area contributed by atoms with Crippen LogP contribution >= 0.6 is 0 Å². The fourth-order valence-corrected chi connectivity index (χ4v) is 2.07. The number of nitrogens with zero attached hydrogens (tertiary/aromatic N) is 1. The summed E-state index contributed by atoms with van der Waals surface area (Å²) in [6.45, 7) is 6.04. The molecule has 0 unspecified atom stereocenters. The molecular formula is C12H19NO4. The Hall–Kier alpha value is -1.52. The number of carboxylic acids is 1. The molecule has 0 spiro atoms. The normalized spacial score (nSPS) is 24.2. The highest BCUT2D eigenvalue weighted by molar-refractivity contribution is 5.80. The van der Waals surface area contributed by atoms with Crippen molar-refractivity contribution in [3.63, 3.8) is 0 Å². The van der Waals surface area contributed by atoms with Crippen LogP contribution in [0.2, 0.25) is 0 Å². The number of carboxylic acid groups (broad SMARTS) is 1. The van der Waals surface area contributed by atoms with Gasteiger partial charge in [0.25, 0.3) is 0 Å². The van der Waals surface area contributed by atoms with Gasteiger partial charge in [-0.1, -0.05) is 26.0 Å². The molecule has 96 valence electrons. The maximum Gasteiger partial charge on any atom is 0.410 e. The van der Waals surface area contributed by atoms with Crippen molar-refractivity contribution in [2.75, 3.05) is 13.2 Å². The Morgan fingerprint density at radius 3 is 2.82 bits per heavy atom. The number of amides is 1. The Morgan fingerprint density at radius 2 is 2.29 bits per heavy atom. The van der Waals surface area contributed by atoms with E-state index in [1.54, 1.807) is 0 Å². The van der Waals surface area contributed by atoms with E-state index in [0.29, 0.717) is 18.9 Å². The third kappa shape index (κ3) is 3.47. The number of aliphatic carboxylic acids is 1. The zero-order valence-corrected chi connectivity index (χ0v) is 10.1. The lowest BCUT2D eigenvalue weighted by molar-refractivity contribution is -0.144. The highest BCUT2D eigenvalue weighted by atomic mass is 16.6. The number of rotatable bonds is 4. The summed E-state index contributed by atoms with van der Waals surface area (Å²) < 4.78 is 4.89. The topological polar surface area (TPSA) is 66.8 Å². The third-order valence-corrected chi connectivity index (χ3v) is 3.13. The Bertz CT molecular complexity index is 303. The van der Waals surface area contributed by atoms with Crippen LogP contribution in [0, 0.1) is 5.92 Å². The highest BCUT2D eigenvalue weighted by Crippen LogP contribution is 2.26. The van der Waals surface area contributed by atoms with Crippen molar-refractivity contribution in [1.29, 1.82) is 0 Å². The molecule has 5 nitrogen and oxygen atoms in total. The van der Waals surface area contributed by atoms with Gasteiger partial charge in [0.15, 0.2) is 0 Å². The number of carbonyl (C=O) groups is 2. The van der Waals surface area contributed by atoms with E-state index in [0.717, 1.165) is 12.8 Å². The van der Waals surface area contributed by atoms with Crippen LogP contribution in [0.25, 0.3) is 0 Å². The third-order valence-electron chi connectivity index (χ3n) is 3.13. The lowest BCUT2D eigenvalue weighted by Crippen LogP contribution is -2.50. The fourth-order valence-electron chi connectivity index (χ4n) is 2.07. The largest absolute Gasteiger partial charge is 0.480 e. The van der Waals surface area contributed by atoms with E-state index >= 15 is 0 Å². The molecular weight excluding hydrogens is 222 g/mol. The number of carbonyl (C=O) groups excluding carboxylic acids is 1. The molecule has 1 rings (SSSR count). The number of piperidine rings is 1. The predicted octanol–water partition coefficient (Wildman–Crippen LogP) is 1.88. The van der Waals surface area contributed by atoms with Crippen LogP contribution in [0.15, 0.2) is 12.7 Å². The predicted molar refractivity (Wildman–Crippen MR) is 62.7 cm³/mol. The van der Waals surface area contributed by atoms with Crippen molar-refractivity contribution >= 4 is 12.1 Å². The van der Waals surface area contributed by atoms with Crippen LogP contribution in [0.3, 0.4) is 0 Å². The van der Waals surface area contributed by atoms with E-state index < -0.39 is 18.1 Å². The van der Waals surface area contributed by atoms with Crippen LogP contribution in [-0.2, 0) is 9.53 Å². The molecule has 1 amide bonds. The molecule has 1 aliphatic heterocycles. The average molecular weight is 241 g/mol. The average Bonchev–Trinajstić information content (AvgIpc) is 2.35. The van der Waals surface area contributed by atoms with Gasteiger partial charge in [-0.25, -0.2) is 9.59 Å². The maximum absolute atomic E-state index is 11.7. The Kier molecular flexibility index (Phi) is 5.00. The summed E-state index contributed by atoms with van der Waals surface area (Å²) in [6.07, 6.45) is 3.19. The van der Waals surface area contributed by atoms with Gasteiger partial charge in [-0.2, -0.15) is 0 Å². The van der Waals surface area contributed by atoms with Crippen molar-refractivity contribution in [2.45, 2.75) is 32.2 Å². The monoisotopic (exact) mass is 241 g/mol. The summed E-state index contributed by atoms with van der Waals surface area (Å²) in [5.41, 5.74) is 0. The van der Waals surface area contributed by atoms with Gasteiger partial charge < -0.3 is 9.84 Å². The van der Waals surface area contributed by atoms with Crippen LogP contribution in [0.5, 0.6) is 0 Å². The first kappa shape index (κ1) is 13.5. The standard InChI is InChI=1S/C12H19NO4/c1-3-7-17-12(16)13-6-5-9(4-2)8-10(13)11(14)15/h3,9-10H,1,4-8H2,2H3,(H,14,15)/t9-,10+/m1/s1. The molecule has 1 saturated heterocycles. The van der Waals surface area contributed by atoms with Crippen LogP contribution < -0.4 is 0 Å². The van der Waals surface area contributed by atoms with Crippen LogP contribution in [0.1, 0.15) is 26.2 Å². The molecule has 1 aliphatic rings. The molecule has 5 heteroatoms. The first-order valence-electron chi connectivity index (χ1n) is 5.87. The lowest BCUT2D eigenvalue weighted by atomic mass is 9.89. The summed E-state index contributed by atoms with van der Waals surface area (Å²) in [5, 5.41) is 9.13. The lowest BCUT2D eigenvalue weighted by Gasteiger charge is -2.35. The minimum Gasteiger partial charge on any atom is -0.480 e. The smallest absolute Gasteiger partial charge is 0.410 e. The molecule has 0 aliphatic carbocycles. The van der Waals surface area contributed by atoms with Crippen molar-refractivity contribution in [3.05, 3.63) is 12.7 Å². The second-order valence-electron chi connectivity index (χ2n) is 4.21.